The fraction of sp³-hybridized carbons (Fsp3) is 0.474. The zero-order chi connectivity index (χ0) is 17.6. The van der Waals surface area contributed by atoms with Crippen molar-refractivity contribution in [3.63, 3.8) is 0 Å². The van der Waals surface area contributed by atoms with Crippen LogP contribution in [0.2, 0.25) is 0 Å². The van der Waals surface area contributed by atoms with Gasteiger partial charge in [0.2, 0.25) is 5.91 Å². The molecule has 0 N–H and O–H groups in total. The minimum Gasteiger partial charge on any atom is -0.465 e. The summed E-state index contributed by atoms with van der Waals surface area (Å²) < 4.78 is 12.3. The number of nitrogens with zero attached hydrogens (tertiary/aromatic N) is 1. The number of halogens is 1. The predicted molar refractivity (Wildman–Crippen MR) is 96.1 cm³/mol. The number of carbonyl (C=O) groups is 2. The third-order valence-corrected chi connectivity index (χ3v) is 5.93. The number of benzene rings is 1. The molecule has 0 radical (unpaired) electrons. The molecule has 0 aromatic heterocycles. The number of unbranched alkanes of at least 4 members (excludes halogenated alkanes) is 1. The Bertz CT molecular complexity index is 749. The van der Waals surface area contributed by atoms with Crippen LogP contribution in [0, 0.1) is 11.8 Å². The van der Waals surface area contributed by atoms with Crippen molar-refractivity contribution < 1.29 is 19.1 Å². The Kier molecular flexibility index (Phi) is 4.20. The van der Waals surface area contributed by atoms with Gasteiger partial charge in [-0.2, -0.15) is 0 Å². The summed E-state index contributed by atoms with van der Waals surface area (Å²) in [4.78, 5) is 27.5. The normalized spacial score (nSPS) is 32.3. The molecule has 4 rings (SSSR count). The van der Waals surface area contributed by atoms with E-state index < -0.39 is 17.4 Å². The molecule has 1 aromatic carbocycles. The van der Waals surface area contributed by atoms with Crippen LogP contribution in [0.4, 0.5) is 5.69 Å². The van der Waals surface area contributed by atoms with Crippen LogP contribution in [0.5, 0.6) is 0 Å². The Balaban J connectivity index is 1.61. The van der Waals surface area contributed by atoms with Gasteiger partial charge < -0.3 is 14.4 Å². The number of rotatable bonds is 5. The number of hydrogen-bond donors (Lipinski definition) is 0. The van der Waals surface area contributed by atoms with Crippen molar-refractivity contribution in [3.05, 3.63) is 40.9 Å². The van der Waals surface area contributed by atoms with Gasteiger partial charge in [0, 0.05) is 4.47 Å². The van der Waals surface area contributed by atoms with E-state index in [2.05, 4.69) is 15.9 Å². The van der Waals surface area contributed by atoms with Crippen molar-refractivity contribution >= 4 is 33.5 Å². The summed E-state index contributed by atoms with van der Waals surface area (Å²) in [5.41, 5.74) is 0.0840. The highest BCUT2D eigenvalue weighted by Crippen LogP contribution is 2.53. The first kappa shape index (κ1) is 16.8. The molecular formula is C19H20BrNO4. The van der Waals surface area contributed by atoms with E-state index in [0.29, 0.717) is 13.2 Å². The number of hydrogen-bond acceptors (Lipinski definition) is 4. The van der Waals surface area contributed by atoms with Crippen molar-refractivity contribution in [2.24, 2.45) is 11.8 Å². The zero-order valence-electron chi connectivity index (χ0n) is 14.0. The first-order valence-electron chi connectivity index (χ1n) is 8.67. The summed E-state index contributed by atoms with van der Waals surface area (Å²) in [5.74, 6) is -1.46. The number of amides is 1. The maximum atomic E-state index is 13.2. The summed E-state index contributed by atoms with van der Waals surface area (Å²) >= 11 is 3.51. The van der Waals surface area contributed by atoms with Gasteiger partial charge in [-0.1, -0.05) is 37.6 Å². The maximum absolute atomic E-state index is 13.2. The molecule has 3 heterocycles. The van der Waals surface area contributed by atoms with E-state index in [1.54, 1.807) is 4.90 Å². The molecular weight excluding hydrogens is 386 g/mol. The molecule has 3 aliphatic heterocycles. The minimum absolute atomic E-state index is 0.0730. The van der Waals surface area contributed by atoms with E-state index in [0.717, 1.165) is 23.0 Å². The van der Waals surface area contributed by atoms with Crippen LogP contribution in [0.3, 0.4) is 0 Å². The Morgan fingerprint density at radius 1 is 1.44 bits per heavy atom. The van der Waals surface area contributed by atoms with Gasteiger partial charge in [-0.15, -0.1) is 0 Å². The van der Waals surface area contributed by atoms with Gasteiger partial charge >= 0.3 is 5.97 Å². The Morgan fingerprint density at radius 3 is 3.00 bits per heavy atom. The molecule has 1 aromatic rings. The predicted octanol–water partition coefficient (Wildman–Crippen LogP) is 3.08. The number of ether oxygens (including phenoxy) is 2. The molecule has 5 nitrogen and oxygen atoms in total. The van der Waals surface area contributed by atoms with Gasteiger partial charge in [0.1, 0.15) is 11.5 Å². The fourth-order valence-electron chi connectivity index (χ4n) is 4.06. The van der Waals surface area contributed by atoms with Crippen molar-refractivity contribution in [2.45, 2.75) is 31.5 Å². The highest BCUT2D eigenvalue weighted by Gasteiger charge is 2.67. The van der Waals surface area contributed by atoms with Gasteiger partial charge in [0.05, 0.1) is 30.9 Å². The summed E-state index contributed by atoms with van der Waals surface area (Å²) in [5, 5.41) is 0. The van der Waals surface area contributed by atoms with Crippen molar-refractivity contribution in [1.82, 2.24) is 0 Å². The van der Waals surface area contributed by atoms with Gasteiger partial charge in [-0.25, -0.2) is 0 Å². The van der Waals surface area contributed by atoms with Crippen LogP contribution in [-0.4, -0.2) is 36.7 Å². The van der Waals surface area contributed by atoms with Gasteiger partial charge in [-0.3, -0.25) is 9.59 Å². The lowest BCUT2D eigenvalue weighted by molar-refractivity contribution is -0.152. The SMILES string of the molecule is CCCCOC(=O)[C@H]1[C@H]2C(=O)N(c3ccccc3Br)C[C@@]23C=C[C@H]1O3. The molecule has 6 heteroatoms. The largest absolute Gasteiger partial charge is 0.465 e. The summed E-state index contributed by atoms with van der Waals surface area (Å²) in [6.07, 6.45) is 5.28. The monoisotopic (exact) mass is 405 g/mol. The van der Waals surface area contributed by atoms with Crippen LogP contribution < -0.4 is 4.90 Å². The van der Waals surface area contributed by atoms with Crippen LogP contribution in [0.1, 0.15) is 19.8 Å². The highest BCUT2D eigenvalue weighted by atomic mass is 79.9. The quantitative estimate of drug-likeness (QED) is 0.429. The second-order valence-corrected chi connectivity index (χ2v) is 7.65. The molecule has 2 fully saturated rings. The smallest absolute Gasteiger partial charge is 0.312 e. The summed E-state index contributed by atoms with van der Waals surface area (Å²) in [6.45, 7) is 2.86. The standard InChI is InChI=1S/C19H20BrNO4/c1-2-3-10-24-18(23)15-14-8-9-19(25-14)11-21(17(22)16(15)19)13-7-5-4-6-12(13)20/h4-9,14-16H,2-3,10-11H2,1H3/t14-,15-,16+,19+/m1/s1. The van der Waals surface area contributed by atoms with Gasteiger partial charge in [-0.05, 0) is 34.5 Å². The summed E-state index contributed by atoms with van der Waals surface area (Å²) in [7, 11) is 0. The third kappa shape index (κ3) is 2.54. The molecule has 0 aliphatic carbocycles. The van der Waals surface area contributed by atoms with Crippen LogP contribution in [-0.2, 0) is 19.1 Å². The molecule has 1 spiro atoms. The van der Waals surface area contributed by atoms with E-state index >= 15 is 0 Å². The van der Waals surface area contributed by atoms with Gasteiger partial charge in [0.15, 0.2) is 0 Å². The molecule has 0 saturated carbocycles. The first-order valence-corrected chi connectivity index (χ1v) is 9.46. The van der Waals surface area contributed by atoms with Crippen molar-refractivity contribution in [2.75, 3.05) is 18.1 Å². The highest BCUT2D eigenvalue weighted by molar-refractivity contribution is 9.10. The molecule has 2 bridgehead atoms. The summed E-state index contributed by atoms with van der Waals surface area (Å²) in [6, 6.07) is 7.59. The second-order valence-electron chi connectivity index (χ2n) is 6.80. The molecule has 1 amide bonds. The van der Waals surface area contributed by atoms with Gasteiger partial charge in [0.25, 0.3) is 0 Å². The molecule has 0 unspecified atom stereocenters. The zero-order valence-corrected chi connectivity index (χ0v) is 15.6. The third-order valence-electron chi connectivity index (χ3n) is 5.26. The number of esters is 1. The van der Waals surface area contributed by atoms with E-state index in [9.17, 15) is 9.59 Å². The molecule has 25 heavy (non-hydrogen) atoms. The molecule has 4 atom stereocenters. The first-order chi connectivity index (χ1) is 12.1. The van der Waals surface area contributed by atoms with Crippen LogP contribution in [0.15, 0.2) is 40.9 Å². The number of carbonyl (C=O) groups excluding carboxylic acids is 2. The average Bonchev–Trinajstić information content (AvgIpc) is 3.24. The Labute approximate surface area is 155 Å². The molecule has 3 aliphatic rings. The molecule has 132 valence electrons. The number of fused-ring (bicyclic) bond motifs is 1. The van der Waals surface area contributed by atoms with Crippen LogP contribution in [0.25, 0.3) is 0 Å². The lowest BCUT2D eigenvalue weighted by atomic mass is 9.77. The fourth-order valence-corrected chi connectivity index (χ4v) is 4.55. The second kappa shape index (κ2) is 6.25. The number of para-hydroxylation sites is 1. The van der Waals surface area contributed by atoms with Crippen LogP contribution >= 0.6 is 15.9 Å². The van der Waals surface area contributed by atoms with E-state index in [-0.39, 0.29) is 18.0 Å². The number of anilines is 1. The van der Waals surface area contributed by atoms with E-state index in [1.165, 1.54) is 0 Å². The van der Waals surface area contributed by atoms with Crippen molar-refractivity contribution in [1.29, 1.82) is 0 Å². The Morgan fingerprint density at radius 2 is 2.24 bits per heavy atom. The lowest BCUT2D eigenvalue weighted by Crippen LogP contribution is -2.40. The molecule has 2 saturated heterocycles. The maximum Gasteiger partial charge on any atom is 0.312 e. The van der Waals surface area contributed by atoms with E-state index in [4.69, 9.17) is 9.47 Å². The lowest BCUT2D eigenvalue weighted by Gasteiger charge is -2.22. The topological polar surface area (TPSA) is 55.8 Å². The average molecular weight is 406 g/mol. The minimum atomic E-state index is -0.717. The van der Waals surface area contributed by atoms with E-state index in [1.807, 2.05) is 43.3 Å². The Hall–Kier alpha value is -1.66. The van der Waals surface area contributed by atoms with Crippen molar-refractivity contribution in [3.8, 4) is 0 Å².